The number of methoxy groups -OCH3 is 2. The zero-order valence-electron chi connectivity index (χ0n) is 25.9. The molecule has 0 radical (unpaired) electrons. The molecule has 0 amide bonds. The Morgan fingerprint density at radius 2 is 1.83 bits per heavy atom. The number of hydrogen-bond acceptors (Lipinski definition) is 12. The number of nitrogens with one attached hydrogen (secondary N) is 2. The smallest absolute Gasteiger partial charge is 0.229 e. The van der Waals surface area contributed by atoms with Gasteiger partial charge in [-0.1, -0.05) is 0 Å². The van der Waals surface area contributed by atoms with Crippen molar-refractivity contribution in [2.24, 2.45) is 7.05 Å². The first-order valence-electron chi connectivity index (χ1n) is 14.9. The van der Waals surface area contributed by atoms with Gasteiger partial charge in [0.2, 0.25) is 5.95 Å². The van der Waals surface area contributed by atoms with Crippen LogP contribution in [0.15, 0.2) is 59.7 Å². The third-order valence-corrected chi connectivity index (χ3v) is 8.52. The van der Waals surface area contributed by atoms with E-state index in [0.29, 0.717) is 44.4 Å². The standard InChI is InChI=1S/C32H35BrN10O3/c1-41-20-21(18-37-41)23-16-27(29(46-3)17-28(23)43-11-9-42(10-12-43)13-15-45-2)39-32-36-19-24(33)31(40-32)38-25-4-5-26-30(22(25)6-14-44)35-8-7-34-26/h4-5,7-8,14,16-20H,6,9-13,15H2,1-3H3,(H2,36,38,39,40). The topological polar surface area (TPSA) is 135 Å². The second-order valence-electron chi connectivity index (χ2n) is 10.8. The summed E-state index contributed by atoms with van der Waals surface area (Å²) in [7, 11) is 5.30. The maximum atomic E-state index is 11.6. The van der Waals surface area contributed by atoms with Crippen molar-refractivity contribution in [1.29, 1.82) is 0 Å². The number of rotatable bonds is 12. The Morgan fingerprint density at radius 1 is 1.00 bits per heavy atom. The number of ether oxygens (including phenoxy) is 2. The minimum Gasteiger partial charge on any atom is -0.494 e. The quantitative estimate of drug-likeness (QED) is 0.178. The highest BCUT2D eigenvalue weighted by atomic mass is 79.9. The van der Waals surface area contributed by atoms with Gasteiger partial charge >= 0.3 is 0 Å². The number of aldehydes is 1. The Bertz CT molecular complexity index is 1840. The third kappa shape index (κ3) is 6.78. The fourth-order valence-corrected chi connectivity index (χ4v) is 5.88. The number of benzene rings is 2. The number of nitrogens with zero attached hydrogens (tertiary/aromatic N) is 8. The van der Waals surface area contributed by atoms with Crippen LogP contribution in [0, 0.1) is 0 Å². The molecule has 0 atom stereocenters. The highest BCUT2D eigenvalue weighted by Crippen LogP contribution is 2.41. The van der Waals surface area contributed by atoms with Crippen LogP contribution in [0.2, 0.25) is 0 Å². The number of aromatic nitrogens is 6. The monoisotopic (exact) mass is 686 g/mol. The van der Waals surface area contributed by atoms with E-state index in [9.17, 15) is 4.79 Å². The summed E-state index contributed by atoms with van der Waals surface area (Å²) < 4.78 is 13.6. The van der Waals surface area contributed by atoms with E-state index in [4.69, 9.17) is 14.5 Å². The molecule has 0 saturated carbocycles. The van der Waals surface area contributed by atoms with Crippen molar-refractivity contribution in [3.05, 3.63) is 65.3 Å². The van der Waals surface area contributed by atoms with Gasteiger partial charge in [-0.3, -0.25) is 19.5 Å². The Kier molecular flexibility index (Phi) is 9.66. The van der Waals surface area contributed by atoms with Crippen molar-refractivity contribution < 1.29 is 14.3 Å². The fraction of sp³-hybridized carbons (Fsp3) is 0.312. The van der Waals surface area contributed by atoms with Gasteiger partial charge in [0.05, 0.1) is 41.1 Å². The number of carbonyl (C=O) groups is 1. The van der Waals surface area contributed by atoms with E-state index in [1.165, 1.54) is 0 Å². The van der Waals surface area contributed by atoms with Gasteiger partial charge in [-0.2, -0.15) is 10.1 Å². The minimum absolute atomic E-state index is 0.176. The van der Waals surface area contributed by atoms with Gasteiger partial charge < -0.3 is 29.8 Å². The van der Waals surface area contributed by atoms with Gasteiger partial charge in [0.25, 0.3) is 0 Å². The molecule has 0 unspecified atom stereocenters. The van der Waals surface area contributed by atoms with E-state index >= 15 is 0 Å². The molecule has 1 aliphatic rings. The maximum absolute atomic E-state index is 11.6. The average molecular weight is 688 g/mol. The van der Waals surface area contributed by atoms with Gasteiger partial charge in [0.1, 0.15) is 17.9 Å². The van der Waals surface area contributed by atoms with Crippen LogP contribution in [-0.2, 0) is 23.0 Å². The molecule has 1 aliphatic heterocycles. The summed E-state index contributed by atoms with van der Waals surface area (Å²) in [5, 5.41) is 11.2. The molecule has 0 aliphatic carbocycles. The number of anilines is 5. The van der Waals surface area contributed by atoms with Crippen LogP contribution in [0.4, 0.5) is 28.8 Å². The first kappa shape index (κ1) is 31.3. The van der Waals surface area contributed by atoms with Crippen molar-refractivity contribution in [2.45, 2.75) is 6.42 Å². The summed E-state index contributed by atoms with van der Waals surface area (Å²) in [6.45, 7) is 5.29. The van der Waals surface area contributed by atoms with Crippen molar-refractivity contribution in [1.82, 2.24) is 34.6 Å². The number of hydrogen-bond donors (Lipinski definition) is 2. The van der Waals surface area contributed by atoms with E-state index < -0.39 is 0 Å². The Balaban J connectivity index is 1.32. The molecule has 3 aromatic heterocycles. The maximum Gasteiger partial charge on any atom is 0.229 e. The molecule has 238 valence electrons. The number of fused-ring (bicyclic) bond motifs is 1. The van der Waals surface area contributed by atoms with Gasteiger partial charge in [0, 0.05) is 112 Å². The minimum atomic E-state index is 0.176. The van der Waals surface area contributed by atoms with Crippen molar-refractivity contribution in [3.63, 3.8) is 0 Å². The average Bonchev–Trinajstić information content (AvgIpc) is 3.52. The zero-order valence-corrected chi connectivity index (χ0v) is 27.5. The second-order valence-corrected chi connectivity index (χ2v) is 11.7. The predicted molar refractivity (Wildman–Crippen MR) is 181 cm³/mol. The second kappa shape index (κ2) is 14.2. The van der Waals surface area contributed by atoms with E-state index in [0.717, 1.165) is 68.0 Å². The van der Waals surface area contributed by atoms with E-state index in [1.807, 2.05) is 31.6 Å². The van der Waals surface area contributed by atoms with Crippen LogP contribution >= 0.6 is 15.9 Å². The molecular formula is C32H35BrN10O3. The molecule has 1 saturated heterocycles. The Labute approximate surface area is 275 Å². The molecule has 5 aromatic rings. The van der Waals surface area contributed by atoms with E-state index in [-0.39, 0.29) is 6.42 Å². The van der Waals surface area contributed by atoms with Gasteiger partial charge in [-0.15, -0.1) is 0 Å². The summed E-state index contributed by atoms with van der Waals surface area (Å²) in [6, 6.07) is 7.86. The molecule has 1 fully saturated rings. The van der Waals surface area contributed by atoms with Crippen molar-refractivity contribution in [3.8, 4) is 16.9 Å². The van der Waals surface area contributed by atoms with E-state index in [1.54, 1.807) is 37.5 Å². The molecule has 14 heteroatoms. The Hall–Kier alpha value is -4.66. The third-order valence-electron chi connectivity index (χ3n) is 7.93. The molecule has 13 nitrogen and oxygen atoms in total. The van der Waals surface area contributed by atoms with Gasteiger partial charge in [-0.25, -0.2) is 4.98 Å². The highest BCUT2D eigenvalue weighted by Gasteiger charge is 2.23. The van der Waals surface area contributed by atoms with Gasteiger partial charge in [0.15, 0.2) is 0 Å². The lowest BCUT2D eigenvalue weighted by atomic mass is 10.0. The molecule has 2 aromatic carbocycles. The fourth-order valence-electron chi connectivity index (χ4n) is 5.59. The normalized spacial score (nSPS) is 13.6. The summed E-state index contributed by atoms with van der Waals surface area (Å²) in [5.74, 6) is 1.53. The van der Waals surface area contributed by atoms with Crippen LogP contribution < -0.4 is 20.3 Å². The molecule has 0 bridgehead atoms. The first-order chi connectivity index (χ1) is 22.5. The molecule has 6 rings (SSSR count). The van der Waals surface area contributed by atoms with E-state index in [2.05, 4.69) is 68.5 Å². The van der Waals surface area contributed by atoms with Crippen molar-refractivity contribution >= 4 is 62.1 Å². The van der Waals surface area contributed by atoms with Crippen molar-refractivity contribution in [2.75, 3.05) is 69.1 Å². The summed E-state index contributed by atoms with van der Waals surface area (Å²) >= 11 is 3.57. The molecule has 0 spiro atoms. The van der Waals surface area contributed by atoms with Crippen LogP contribution in [0.3, 0.4) is 0 Å². The number of piperazine rings is 1. The molecule has 4 heterocycles. The number of carbonyl (C=O) groups excluding carboxylic acids is 1. The summed E-state index contributed by atoms with van der Waals surface area (Å²) in [6.07, 6.45) is 9.82. The lowest BCUT2D eigenvalue weighted by Crippen LogP contribution is -2.47. The molecular weight excluding hydrogens is 652 g/mol. The Morgan fingerprint density at radius 3 is 2.57 bits per heavy atom. The summed E-state index contributed by atoms with van der Waals surface area (Å²) in [4.78, 5) is 34.5. The lowest BCUT2D eigenvalue weighted by molar-refractivity contribution is -0.107. The first-order valence-corrected chi connectivity index (χ1v) is 15.7. The lowest BCUT2D eigenvalue weighted by Gasteiger charge is -2.37. The SMILES string of the molecule is COCCN1CCN(c2cc(OC)c(Nc3ncc(Br)c(Nc4ccc5nccnc5c4CC=O)n3)cc2-c2cnn(C)c2)CC1. The summed E-state index contributed by atoms with van der Waals surface area (Å²) in [5.41, 5.74) is 6.60. The highest BCUT2D eigenvalue weighted by molar-refractivity contribution is 9.10. The van der Waals surface area contributed by atoms with Crippen LogP contribution in [0.5, 0.6) is 5.75 Å². The van der Waals surface area contributed by atoms with Crippen LogP contribution in [-0.4, -0.2) is 94.5 Å². The van der Waals surface area contributed by atoms with Crippen LogP contribution in [0.25, 0.3) is 22.2 Å². The van der Waals surface area contributed by atoms with Crippen LogP contribution in [0.1, 0.15) is 5.56 Å². The van der Waals surface area contributed by atoms with Gasteiger partial charge in [-0.05, 0) is 34.1 Å². The molecule has 46 heavy (non-hydrogen) atoms. The predicted octanol–water partition coefficient (Wildman–Crippen LogP) is 4.59. The number of aryl methyl sites for hydroxylation is 1. The molecule has 2 N–H and O–H groups in total. The largest absolute Gasteiger partial charge is 0.494 e. The number of halogens is 1. The zero-order chi connectivity index (χ0) is 32.0.